The van der Waals surface area contributed by atoms with E-state index in [1.807, 2.05) is 6.07 Å². The van der Waals surface area contributed by atoms with E-state index in [-0.39, 0.29) is 10.8 Å². The molecule has 2 saturated carbocycles. The molecule has 3 heteroatoms. The molecule has 98 valence electrons. The fourth-order valence-corrected chi connectivity index (χ4v) is 3.02. The molecule has 0 saturated heterocycles. The highest BCUT2D eigenvalue weighted by Gasteiger charge is 2.40. The van der Waals surface area contributed by atoms with Crippen molar-refractivity contribution in [2.75, 3.05) is 6.54 Å². The summed E-state index contributed by atoms with van der Waals surface area (Å²) in [7, 11) is 0. The summed E-state index contributed by atoms with van der Waals surface area (Å²) in [5, 5.41) is 3.63. The molecule has 0 bridgehead atoms. The first-order valence-electron chi connectivity index (χ1n) is 6.89. The Labute approximate surface area is 113 Å². The van der Waals surface area contributed by atoms with Crippen LogP contribution in [0, 0.1) is 23.6 Å². The fourth-order valence-electron chi connectivity index (χ4n) is 2.83. The first kappa shape index (κ1) is 12.4. The smallest absolute Gasteiger partial charge is 0.146 e. The Balaban J connectivity index is 1.52. The van der Waals surface area contributed by atoms with Gasteiger partial charge in [0.2, 0.25) is 0 Å². The summed E-state index contributed by atoms with van der Waals surface area (Å²) < 4.78 is 13.7. The molecule has 0 amide bonds. The van der Waals surface area contributed by atoms with E-state index < -0.39 is 0 Å². The molecule has 1 nitrogen and oxygen atoms in total. The maximum absolute atomic E-state index is 13.7. The van der Waals surface area contributed by atoms with Crippen LogP contribution in [0.5, 0.6) is 0 Å². The van der Waals surface area contributed by atoms with E-state index in [1.54, 1.807) is 12.1 Å². The van der Waals surface area contributed by atoms with Gasteiger partial charge in [-0.2, -0.15) is 0 Å². The predicted octanol–water partition coefficient (Wildman–Crippen LogP) is 4.00. The van der Waals surface area contributed by atoms with Crippen molar-refractivity contribution >= 4 is 11.6 Å². The van der Waals surface area contributed by atoms with E-state index in [4.69, 9.17) is 11.6 Å². The Morgan fingerprint density at radius 3 is 2.50 bits per heavy atom. The quantitative estimate of drug-likeness (QED) is 0.821. The first-order valence-corrected chi connectivity index (χ1v) is 7.27. The van der Waals surface area contributed by atoms with Crippen LogP contribution in [0.1, 0.15) is 31.2 Å². The van der Waals surface area contributed by atoms with Crippen LogP contribution in [0.4, 0.5) is 4.39 Å². The second-order valence-electron chi connectivity index (χ2n) is 5.68. The van der Waals surface area contributed by atoms with Crippen LogP contribution in [-0.4, -0.2) is 6.54 Å². The molecule has 0 spiro atoms. The van der Waals surface area contributed by atoms with Gasteiger partial charge >= 0.3 is 0 Å². The lowest BCUT2D eigenvalue weighted by molar-refractivity contribution is 0.377. The number of hydrogen-bond acceptors (Lipinski definition) is 1. The molecule has 0 radical (unpaired) electrons. The lowest BCUT2D eigenvalue weighted by atomic mass is 9.98. The van der Waals surface area contributed by atoms with Crippen LogP contribution < -0.4 is 5.32 Å². The van der Waals surface area contributed by atoms with Gasteiger partial charge in [0.1, 0.15) is 5.82 Å². The molecule has 2 aliphatic carbocycles. The molecule has 0 aromatic heterocycles. The zero-order chi connectivity index (χ0) is 12.5. The molecule has 2 fully saturated rings. The first-order chi connectivity index (χ1) is 8.75. The molecule has 0 aliphatic heterocycles. The van der Waals surface area contributed by atoms with Crippen LogP contribution in [-0.2, 0) is 6.54 Å². The summed E-state index contributed by atoms with van der Waals surface area (Å²) in [4.78, 5) is 0. The summed E-state index contributed by atoms with van der Waals surface area (Å²) in [6, 6.07) is 5.21. The molecule has 3 rings (SSSR count). The fraction of sp³-hybridized carbons (Fsp3) is 0.600. The molecule has 1 N–H and O–H groups in total. The lowest BCUT2D eigenvalue weighted by Crippen LogP contribution is -2.25. The third-order valence-electron chi connectivity index (χ3n) is 4.18. The van der Waals surface area contributed by atoms with Crippen LogP contribution in [0.2, 0.25) is 5.02 Å². The molecule has 1 aromatic carbocycles. The number of halogens is 2. The molecular weight excluding hydrogens is 249 g/mol. The average molecular weight is 268 g/mol. The van der Waals surface area contributed by atoms with Crippen LogP contribution in [0.3, 0.4) is 0 Å². The highest BCUT2D eigenvalue weighted by Crippen LogP contribution is 2.48. The molecule has 0 unspecified atom stereocenters. The average Bonchev–Trinajstić information content (AvgIpc) is 3.23. The Hall–Kier alpha value is -0.600. The minimum atomic E-state index is -0.277. The van der Waals surface area contributed by atoms with E-state index in [9.17, 15) is 4.39 Å². The van der Waals surface area contributed by atoms with Gasteiger partial charge in [0.25, 0.3) is 0 Å². The summed E-state index contributed by atoms with van der Waals surface area (Å²) in [5.41, 5.74) is 0.674. The molecule has 18 heavy (non-hydrogen) atoms. The van der Waals surface area contributed by atoms with E-state index in [0.717, 1.165) is 24.3 Å². The van der Waals surface area contributed by atoms with Crippen molar-refractivity contribution in [2.24, 2.45) is 17.8 Å². The zero-order valence-electron chi connectivity index (χ0n) is 10.5. The minimum absolute atomic E-state index is 0.218. The van der Waals surface area contributed by atoms with E-state index >= 15 is 0 Å². The van der Waals surface area contributed by atoms with E-state index in [2.05, 4.69) is 5.32 Å². The molecule has 0 atom stereocenters. The van der Waals surface area contributed by atoms with Gasteiger partial charge in [0.15, 0.2) is 0 Å². The molecule has 1 aromatic rings. The SMILES string of the molecule is Fc1c(Cl)cccc1CNCC(C1CC1)C1CC1. The van der Waals surface area contributed by atoms with E-state index in [1.165, 1.54) is 25.7 Å². The van der Waals surface area contributed by atoms with Crippen LogP contribution in [0.25, 0.3) is 0 Å². The molecular formula is C15H19ClFN. The van der Waals surface area contributed by atoms with Crippen LogP contribution >= 0.6 is 11.6 Å². The van der Waals surface area contributed by atoms with Crippen molar-refractivity contribution in [3.63, 3.8) is 0 Å². The summed E-state index contributed by atoms with van der Waals surface area (Å²) in [6.07, 6.45) is 5.59. The molecule has 0 heterocycles. The summed E-state index contributed by atoms with van der Waals surface area (Å²) in [6.45, 7) is 1.61. The number of hydrogen-bond donors (Lipinski definition) is 1. The van der Waals surface area contributed by atoms with Gasteiger partial charge in [0.05, 0.1) is 5.02 Å². The van der Waals surface area contributed by atoms with Gasteiger partial charge < -0.3 is 5.32 Å². The van der Waals surface area contributed by atoms with Gasteiger partial charge in [-0.1, -0.05) is 23.7 Å². The van der Waals surface area contributed by atoms with Crippen molar-refractivity contribution < 1.29 is 4.39 Å². The van der Waals surface area contributed by atoms with Gasteiger partial charge in [-0.3, -0.25) is 0 Å². The largest absolute Gasteiger partial charge is 0.312 e. The number of benzene rings is 1. The van der Waals surface area contributed by atoms with Gasteiger partial charge in [-0.25, -0.2) is 4.39 Å². The second-order valence-corrected chi connectivity index (χ2v) is 6.09. The number of nitrogens with one attached hydrogen (secondary N) is 1. The Kier molecular flexibility index (Phi) is 3.58. The normalized spacial score (nSPS) is 19.5. The maximum atomic E-state index is 13.7. The summed E-state index contributed by atoms with van der Waals surface area (Å²) in [5.74, 6) is 2.43. The van der Waals surface area contributed by atoms with Gasteiger partial charge in [0, 0.05) is 12.1 Å². The molecule has 2 aliphatic rings. The Morgan fingerprint density at radius 2 is 1.89 bits per heavy atom. The summed E-state index contributed by atoms with van der Waals surface area (Å²) >= 11 is 5.77. The highest BCUT2D eigenvalue weighted by molar-refractivity contribution is 6.30. The van der Waals surface area contributed by atoms with Crippen molar-refractivity contribution in [1.29, 1.82) is 0 Å². The lowest BCUT2D eigenvalue weighted by Gasteiger charge is -2.16. The Morgan fingerprint density at radius 1 is 1.22 bits per heavy atom. The van der Waals surface area contributed by atoms with E-state index in [0.29, 0.717) is 12.1 Å². The van der Waals surface area contributed by atoms with Crippen molar-refractivity contribution in [3.8, 4) is 0 Å². The van der Waals surface area contributed by atoms with Crippen molar-refractivity contribution in [1.82, 2.24) is 5.32 Å². The Bertz CT molecular complexity index is 415. The second kappa shape index (κ2) is 5.18. The third-order valence-corrected chi connectivity index (χ3v) is 4.47. The maximum Gasteiger partial charge on any atom is 0.146 e. The monoisotopic (exact) mass is 267 g/mol. The predicted molar refractivity (Wildman–Crippen MR) is 72.1 cm³/mol. The third kappa shape index (κ3) is 2.86. The standard InChI is InChI=1S/C15H19ClFN/c16-14-3-1-2-12(15(14)17)8-18-9-13(10-4-5-10)11-6-7-11/h1-3,10-11,13,18H,4-9H2. The highest BCUT2D eigenvalue weighted by atomic mass is 35.5. The van der Waals surface area contributed by atoms with Crippen molar-refractivity contribution in [2.45, 2.75) is 32.2 Å². The topological polar surface area (TPSA) is 12.0 Å². The minimum Gasteiger partial charge on any atom is -0.312 e. The van der Waals surface area contributed by atoms with Gasteiger partial charge in [-0.15, -0.1) is 0 Å². The van der Waals surface area contributed by atoms with Crippen molar-refractivity contribution in [3.05, 3.63) is 34.6 Å². The van der Waals surface area contributed by atoms with Gasteiger partial charge in [-0.05, 0) is 56.0 Å². The zero-order valence-corrected chi connectivity index (χ0v) is 11.2. The number of rotatable bonds is 6. The van der Waals surface area contributed by atoms with Crippen LogP contribution in [0.15, 0.2) is 18.2 Å².